The summed E-state index contributed by atoms with van der Waals surface area (Å²) < 4.78 is 0. The number of carbonyl (C=O) groups excluding carboxylic acids is 2. The summed E-state index contributed by atoms with van der Waals surface area (Å²) in [5, 5.41) is 6.15. The van der Waals surface area contributed by atoms with E-state index in [1.54, 1.807) is 0 Å². The van der Waals surface area contributed by atoms with Crippen molar-refractivity contribution in [1.82, 2.24) is 15.5 Å². The van der Waals surface area contributed by atoms with Gasteiger partial charge in [-0.2, -0.15) is 0 Å². The Balaban J connectivity index is 2.77. The van der Waals surface area contributed by atoms with Crippen molar-refractivity contribution in [3.05, 3.63) is 0 Å². The Hall–Kier alpha value is -1.79. The van der Waals surface area contributed by atoms with Gasteiger partial charge in [-0.05, 0) is 46.5 Å². The number of hydrogen-bond donors (Lipinski definition) is 3. The molecule has 0 radical (unpaired) electrons. The highest BCUT2D eigenvalue weighted by molar-refractivity contribution is 5.84. The summed E-state index contributed by atoms with van der Waals surface area (Å²) in [7, 11) is 0. The number of hydrogen-bond acceptors (Lipinski definition) is 3. The number of primary amides is 1. The highest BCUT2D eigenvalue weighted by atomic mass is 16.2. The first-order valence-corrected chi connectivity index (χ1v) is 8.90. The Morgan fingerprint density at radius 1 is 1.25 bits per heavy atom. The van der Waals surface area contributed by atoms with Crippen LogP contribution in [0.4, 0.5) is 0 Å². The molecule has 1 unspecified atom stereocenters. The summed E-state index contributed by atoms with van der Waals surface area (Å²) in [6.07, 6.45) is 2.45. The number of nitrogens with two attached hydrogens (primary N) is 1. The van der Waals surface area contributed by atoms with Crippen LogP contribution >= 0.6 is 0 Å². The number of carbonyl (C=O) groups is 2. The fourth-order valence-corrected chi connectivity index (χ4v) is 2.88. The predicted molar refractivity (Wildman–Crippen MR) is 96.6 cm³/mol. The van der Waals surface area contributed by atoms with Crippen molar-refractivity contribution in [3.63, 3.8) is 0 Å². The maximum absolute atomic E-state index is 12.1. The highest BCUT2D eigenvalue weighted by Gasteiger charge is 2.28. The zero-order valence-corrected chi connectivity index (χ0v) is 15.5. The Morgan fingerprint density at radius 2 is 1.92 bits per heavy atom. The van der Waals surface area contributed by atoms with Crippen LogP contribution in [0.2, 0.25) is 0 Å². The van der Waals surface area contributed by atoms with Crippen LogP contribution in [-0.2, 0) is 9.59 Å². The van der Waals surface area contributed by atoms with Crippen LogP contribution in [0.15, 0.2) is 4.99 Å². The van der Waals surface area contributed by atoms with Crippen molar-refractivity contribution in [2.75, 3.05) is 32.7 Å². The Morgan fingerprint density at radius 3 is 2.50 bits per heavy atom. The molecular weight excluding hydrogens is 306 g/mol. The fourth-order valence-electron chi connectivity index (χ4n) is 2.88. The summed E-state index contributed by atoms with van der Waals surface area (Å²) in [6, 6.07) is 0. The van der Waals surface area contributed by atoms with Crippen molar-refractivity contribution in [3.8, 4) is 0 Å². The average molecular weight is 339 g/mol. The summed E-state index contributed by atoms with van der Waals surface area (Å²) in [5.74, 6) is 0.844. The van der Waals surface area contributed by atoms with E-state index in [4.69, 9.17) is 5.73 Å². The zero-order chi connectivity index (χ0) is 18.2. The molecule has 1 aliphatic heterocycles. The third-order valence-corrected chi connectivity index (χ3v) is 4.22. The second-order valence-corrected chi connectivity index (χ2v) is 7.04. The minimum Gasteiger partial charge on any atom is -0.370 e. The van der Waals surface area contributed by atoms with E-state index in [9.17, 15) is 9.59 Å². The Bertz CT molecular complexity index is 462. The first kappa shape index (κ1) is 20.3. The van der Waals surface area contributed by atoms with Crippen LogP contribution in [0, 0.1) is 11.3 Å². The summed E-state index contributed by atoms with van der Waals surface area (Å²) >= 11 is 0. The maximum Gasteiger partial charge on any atom is 0.227 e. The number of likely N-dealkylation sites (tertiary alicyclic amines) is 1. The van der Waals surface area contributed by atoms with Gasteiger partial charge in [0.15, 0.2) is 5.96 Å². The number of guanidine groups is 1. The molecule has 1 saturated heterocycles. The van der Waals surface area contributed by atoms with Crippen LogP contribution in [0.1, 0.15) is 47.0 Å². The Labute approximate surface area is 145 Å². The first-order chi connectivity index (χ1) is 11.3. The molecule has 2 amide bonds. The van der Waals surface area contributed by atoms with E-state index in [1.807, 2.05) is 27.7 Å². The van der Waals surface area contributed by atoms with E-state index < -0.39 is 5.41 Å². The quantitative estimate of drug-likeness (QED) is 0.469. The van der Waals surface area contributed by atoms with Crippen LogP contribution in [0.3, 0.4) is 0 Å². The largest absolute Gasteiger partial charge is 0.370 e. The van der Waals surface area contributed by atoms with Crippen LogP contribution in [0.5, 0.6) is 0 Å². The lowest BCUT2D eigenvalue weighted by molar-refractivity contribution is -0.128. The van der Waals surface area contributed by atoms with Crippen LogP contribution in [-0.4, -0.2) is 55.4 Å². The van der Waals surface area contributed by atoms with Crippen molar-refractivity contribution >= 4 is 17.8 Å². The van der Waals surface area contributed by atoms with Crippen molar-refractivity contribution in [2.45, 2.75) is 47.0 Å². The molecule has 0 aliphatic carbocycles. The van der Waals surface area contributed by atoms with Crippen molar-refractivity contribution in [2.24, 2.45) is 22.1 Å². The number of rotatable bonds is 7. The molecular formula is C17H33N5O2. The fraction of sp³-hybridized carbons (Fsp3) is 0.824. The number of amides is 2. The van der Waals surface area contributed by atoms with Gasteiger partial charge in [0.2, 0.25) is 11.8 Å². The molecule has 0 aromatic heterocycles. The normalized spacial score (nSPS) is 19.1. The number of piperidine rings is 1. The van der Waals surface area contributed by atoms with E-state index in [0.29, 0.717) is 19.5 Å². The molecule has 7 heteroatoms. The van der Waals surface area contributed by atoms with E-state index in [2.05, 4.69) is 20.5 Å². The van der Waals surface area contributed by atoms with Gasteiger partial charge in [0.1, 0.15) is 0 Å². The molecule has 138 valence electrons. The molecule has 4 N–H and O–H groups in total. The molecule has 0 saturated carbocycles. The smallest absolute Gasteiger partial charge is 0.227 e. The van der Waals surface area contributed by atoms with E-state index in [1.165, 1.54) is 0 Å². The van der Waals surface area contributed by atoms with Crippen LogP contribution < -0.4 is 16.4 Å². The molecule has 7 nitrogen and oxygen atoms in total. The maximum atomic E-state index is 12.1. The molecule has 1 heterocycles. The molecule has 0 aromatic carbocycles. The number of nitrogens with one attached hydrogen (secondary N) is 2. The number of nitrogens with zero attached hydrogens (tertiary/aromatic N) is 2. The number of aliphatic imine (C=N–C) groups is 1. The highest BCUT2D eigenvalue weighted by Crippen LogP contribution is 2.20. The van der Waals surface area contributed by atoms with Gasteiger partial charge in [-0.25, -0.2) is 0 Å². The van der Waals surface area contributed by atoms with Gasteiger partial charge in [0.25, 0.3) is 0 Å². The summed E-state index contributed by atoms with van der Waals surface area (Å²) in [6.45, 7) is 11.2. The summed E-state index contributed by atoms with van der Waals surface area (Å²) in [4.78, 5) is 30.2. The molecule has 1 atom stereocenters. The molecule has 0 aromatic rings. The molecule has 0 bridgehead atoms. The second-order valence-electron chi connectivity index (χ2n) is 7.04. The minimum absolute atomic E-state index is 0.00912. The predicted octanol–water partition coefficient (Wildman–Crippen LogP) is 0.702. The Kier molecular flexibility index (Phi) is 8.01. The van der Waals surface area contributed by atoms with Gasteiger partial charge in [-0.3, -0.25) is 14.6 Å². The van der Waals surface area contributed by atoms with E-state index in [-0.39, 0.29) is 17.7 Å². The molecule has 1 fully saturated rings. The van der Waals surface area contributed by atoms with Gasteiger partial charge >= 0.3 is 0 Å². The van der Waals surface area contributed by atoms with Gasteiger partial charge in [-0.15, -0.1) is 0 Å². The first-order valence-electron chi connectivity index (χ1n) is 8.90. The van der Waals surface area contributed by atoms with E-state index in [0.717, 1.165) is 38.4 Å². The lowest BCUT2D eigenvalue weighted by Gasteiger charge is -2.35. The third kappa shape index (κ3) is 6.37. The molecule has 1 aliphatic rings. The molecule has 1 rings (SSSR count). The standard InChI is InChI=1S/C17H33N5O2/c1-5-19-15(24)17(3,4)12-21-16(20-6-2)22-9-7-8-13(11-22)10-14(18)23/h13H,5-12H2,1-4H3,(H2,18,23)(H,19,24)(H,20,21). The average Bonchev–Trinajstić information content (AvgIpc) is 2.51. The lowest BCUT2D eigenvalue weighted by Crippen LogP contribution is -2.48. The van der Waals surface area contributed by atoms with Crippen molar-refractivity contribution in [1.29, 1.82) is 0 Å². The second kappa shape index (κ2) is 9.49. The van der Waals surface area contributed by atoms with Crippen molar-refractivity contribution < 1.29 is 9.59 Å². The van der Waals surface area contributed by atoms with Crippen LogP contribution in [0.25, 0.3) is 0 Å². The SMILES string of the molecule is CCNC(=O)C(C)(C)CN=C(NCC)N1CCCC(CC(N)=O)C1. The molecule has 24 heavy (non-hydrogen) atoms. The molecule has 0 spiro atoms. The van der Waals surface area contributed by atoms with Gasteiger partial charge in [-0.1, -0.05) is 0 Å². The van der Waals surface area contributed by atoms with Gasteiger partial charge < -0.3 is 21.3 Å². The van der Waals surface area contributed by atoms with Gasteiger partial charge in [0.05, 0.1) is 12.0 Å². The topological polar surface area (TPSA) is 99.8 Å². The minimum atomic E-state index is -0.556. The summed E-state index contributed by atoms with van der Waals surface area (Å²) in [5.41, 5.74) is 4.78. The van der Waals surface area contributed by atoms with E-state index >= 15 is 0 Å². The van der Waals surface area contributed by atoms with Gasteiger partial charge in [0, 0.05) is 32.6 Å². The zero-order valence-electron chi connectivity index (χ0n) is 15.5. The lowest BCUT2D eigenvalue weighted by atomic mass is 9.92. The monoisotopic (exact) mass is 339 g/mol. The third-order valence-electron chi connectivity index (χ3n) is 4.22.